The van der Waals surface area contributed by atoms with E-state index in [2.05, 4.69) is 10.0 Å². The van der Waals surface area contributed by atoms with Gasteiger partial charge in [0.15, 0.2) is 0 Å². The standard InChI is InChI=1S/C16H14ClN3O2/c1-10-7-8-12(9-13(10)17)14(11-5-3-2-4-6-11)15(16(21)22)19-20-18/h2-9,14-15H,1H3,(H,21,22)/t14-,15+/m1/s1. The Bertz CT molecular complexity index is 725. The Morgan fingerprint density at radius 1 is 1.23 bits per heavy atom. The maximum absolute atomic E-state index is 11.5. The number of carbonyl (C=O) groups is 1. The lowest BCUT2D eigenvalue weighted by Gasteiger charge is -2.22. The van der Waals surface area contributed by atoms with Gasteiger partial charge in [0.2, 0.25) is 0 Å². The highest BCUT2D eigenvalue weighted by molar-refractivity contribution is 6.31. The van der Waals surface area contributed by atoms with Gasteiger partial charge < -0.3 is 5.11 Å². The van der Waals surface area contributed by atoms with E-state index in [-0.39, 0.29) is 0 Å². The summed E-state index contributed by atoms with van der Waals surface area (Å²) < 4.78 is 0. The van der Waals surface area contributed by atoms with Gasteiger partial charge in [0.05, 0.1) is 0 Å². The maximum atomic E-state index is 11.5. The summed E-state index contributed by atoms with van der Waals surface area (Å²) in [4.78, 5) is 14.2. The Labute approximate surface area is 132 Å². The minimum Gasteiger partial charge on any atom is -0.481 e. The van der Waals surface area contributed by atoms with Crippen LogP contribution in [0.25, 0.3) is 10.4 Å². The van der Waals surface area contributed by atoms with Crippen LogP contribution in [0.4, 0.5) is 0 Å². The molecule has 0 amide bonds. The Morgan fingerprint density at radius 2 is 1.91 bits per heavy atom. The van der Waals surface area contributed by atoms with Crippen LogP contribution < -0.4 is 0 Å². The molecule has 22 heavy (non-hydrogen) atoms. The van der Waals surface area contributed by atoms with Crippen LogP contribution in [0.15, 0.2) is 53.6 Å². The Balaban J connectivity index is 2.61. The van der Waals surface area contributed by atoms with E-state index in [1.54, 1.807) is 18.2 Å². The minimum atomic E-state index is -1.24. The van der Waals surface area contributed by atoms with Gasteiger partial charge in [-0.1, -0.05) is 59.2 Å². The number of rotatable bonds is 5. The van der Waals surface area contributed by atoms with Crippen LogP contribution in [-0.4, -0.2) is 17.1 Å². The quantitative estimate of drug-likeness (QED) is 0.498. The second kappa shape index (κ2) is 6.98. The number of aryl methyl sites for hydroxylation is 1. The second-order valence-corrected chi connectivity index (χ2v) is 5.29. The van der Waals surface area contributed by atoms with Gasteiger partial charge in [-0.25, -0.2) is 0 Å². The average molecular weight is 316 g/mol. The van der Waals surface area contributed by atoms with Crippen molar-refractivity contribution in [1.29, 1.82) is 0 Å². The van der Waals surface area contributed by atoms with Crippen LogP contribution in [0.5, 0.6) is 0 Å². The highest BCUT2D eigenvalue weighted by atomic mass is 35.5. The number of azide groups is 1. The molecule has 2 aromatic carbocycles. The third-order valence-electron chi connectivity index (χ3n) is 3.46. The number of benzene rings is 2. The lowest BCUT2D eigenvalue weighted by atomic mass is 9.85. The number of halogens is 1. The molecule has 2 rings (SSSR count). The molecule has 6 heteroatoms. The zero-order valence-corrected chi connectivity index (χ0v) is 12.6. The highest BCUT2D eigenvalue weighted by Crippen LogP contribution is 2.32. The summed E-state index contributed by atoms with van der Waals surface area (Å²) in [5.74, 6) is -1.78. The van der Waals surface area contributed by atoms with Crippen molar-refractivity contribution in [3.05, 3.63) is 80.7 Å². The molecule has 5 nitrogen and oxygen atoms in total. The van der Waals surface area contributed by atoms with Crippen molar-refractivity contribution >= 4 is 17.6 Å². The molecule has 0 saturated heterocycles. The number of hydrogen-bond donors (Lipinski definition) is 1. The fourth-order valence-electron chi connectivity index (χ4n) is 2.33. The van der Waals surface area contributed by atoms with Crippen LogP contribution in [0.3, 0.4) is 0 Å². The molecule has 0 spiro atoms. The van der Waals surface area contributed by atoms with Crippen molar-refractivity contribution in [2.24, 2.45) is 5.11 Å². The molecule has 0 aliphatic carbocycles. The van der Waals surface area contributed by atoms with Crippen molar-refractivity contribution in [3.63, 3.8) is 0 Å². The Morgan fingerprint density at radius 3 is 2.45 bits per heavy atom. The number of hydrogen-bond acceptors (Lipinski definition) is 2. The van der Waals surface area contributed by atoms with Crippen LogP contribution in [0.1, 0.15) is 22.6 Å². The van der Waals surface area contributed by atoms with Crippen molar-refractivity contribution in [1.82, 2.24) is 0 Å². The molecule has 112 valence electrons. The number of carboxylic acids is 1. The monoisotopic (exact) mass is 315 g/mol. The van der Waals surface area contributed by atoms with Gasteiger partial charge in [-0.2, -0.15) is 0 Å². The molecule has 0 aromatic heterocycles. The van der Waals surface area contributed by atoms with Gasteiger partial charge in [0, 0.05) is 15.9 Å². The predicted molar refractivity (Wildman–Crippen MR) is 85.0 cm³/mol. The summed E-state index contributed by atoms with van der Waals surface area (Å²) in [6, 6.07) is 13.2. The predicted octanol–water partition coefficient (Wildman–Crippen LogP) is 4.54. The molecule has 0 aliphatic heterocycles. The molecule has 2 aromatic rings. The second-order valence-electron chi connectivity index (χ2n) is 4.88. The van der Waals surface area contributed by atoms with E-state index in [4.69, 9.17) is 17.1 Å². The normalized spacial score (nSPS) is 13.0. The van der Waals surface area contributed by atoms with E-state index in [1.807, 2.05) is 37.3 Å². The fraction of sp³-hybridized carbons (Fsp3) is 0.188. The van der Waals surface area contributed by atoms with Gasteiger partial charge in [0.25, 0.3) is 0 Å². The first kappa shape index (κ1) is 15.9. The summed E-state index contributed by atoms with van der Waals surface area (Å²) in [5, 5.41) is 13.4. The maximum Gasteiger partial charge on any atom is 0.313 e. The first-order valence-corrected chi connectivity index (χ1v) is 7.00. The first-order chi connectivity index (χ1) is 10.5. The van der Waals surface area contributed by atoms with Crippen LogP contribution in [0, 0.1) is 6.92 Å². The molecule has 0 bridgehead atoms. The number of nitrogens with zero attached hydrogens (tertiary/aromatic N) is 3. The summed E-state index contributed by atoms with van der Waals surface area (Å²) in [7, 11) is 0. The van der Waals surface area contributed by atoms with E-state index in [9.17, 15) is 9.90 Å². The number of carboxylic acid groups (broad SMARTS) is 1. The zero-order valence-electron chi connectivity index (χ0n) is 11.8. The van der Waals surface area contributed by atoms with Crippen molar-refractivity contribution < 1.29 is 9.90 Å². The lowest BCUT2D eigenvalue weighted by molar-refractivity contribution is -0.138. The molecule has 0 aliphatic rings. The summed E-state index contributed by atoms with van der Waals surface area (Å²) in [6.07, 6.45) is 0. The molecule has 0 radical (unpaired) electrons. The smallest absolute Gasteiger partial charge is 0.313 e. The average Bonchev–Trinajstić information content (AvgIpc) is 2.51. The largest absolute Gasteiger partial charge is 0.481 e. The third kappa shape index (κ3) is 3.39. The van der Waals surface area contributed by atoms with Crippen molar-refractivity contribution in [3.8, 4) is 0 Å². The fourth-order valence-corrected chi connectivity index (χ4v) is 2.52. The third-order valence-corrected chi connectivity index (χ3v) is 3.87. The Hall–Kier alpha value is -2.49. The highest BCUT2D eigenvalue weighted by Gasteiger charge is 2.30. The van der Waals surface area contributed by atoms with Crippen LogP contribution in [0.2, 0.25) is 5.02 Å². The lowest BCUT2D eigenvalue weighted by Crippen LogP contribution is -2.26. The molecule has 0 fully saturated rings. The Kier molecular flexibility index (Phi) is 5.04. The molecular weight excluding hydrogens is 302 g/mol. The van der Waals surface area contributed by atoms with Crippen molar-refractivity contribution in [2.75, 3.05) is 0 Å². The SMILES string of the molecule is Cc1ccc([C@@H](c2ccccc2)[C@H](N=[N+]=[N-])C(=O)O)cc1Cl. The van der Waals surface area contributed by atoms with Crippen LogP contribution >= 0.6 is 11.6 Å². The van der Waals surface area contributed by atoms with Crippen LogP contribution in [-0.2, 0) is 4.79 Å². The van der Waals surface area contributed by atoms with Gasteiger partial charge in [0.1, 0.15) is 6.04 Å². The summed E-state index contributed by atoms with van der Waals surface area (Å²) in [5.41, 5.74) is 11.0. The topological polar surface area (TPSA) is 86.1 Å². The molecular formula is C16H14ClN3O2. The van der Waals surface area contributed by atoms with E-state index >= 15 is 0 Å². The van der Waals surface area contributed by atoms with E-state index in [0.717, 1.165) is 11.1 Å². The van der Waals surface area contributed by atoms with Gasteiger partial charge in [-0.05, 0) is 35.2 Å². The summed E-state index contributed by atoms with van der Waals surface area (Å²) in [6.45, 7) is 1.87. The van der Waals surface area contributed by atoms with Gasteiger partial charge in [-0.3, -0.25) is 4.79 Å². The summed E-state index contributed by atoms with van der Waals surface area (Å²) >= 11 is 6.16. The van der Waals surface area contributed by atoms with Gasteiger partial charge in [-0.15, -0.1) is 0 Å². The van der Waals surface area contributed by atoms with Crippen molar-refractivity contribution in [2.45, 2.75) is 18.9 Å². The van der Waals surface area contributed by atoms with E-state index in [0.29, 0.717) is 10.6 Å². The van der Waals surface area contributed by atoms with Gasteiger partial charge >= 0.3 is 5.97 Å². The molecule has 2 atom stereocenters. The molecule has 0 saturated carbocycles. The zero-order chi connectivity index (χ0) is 16.1. The minimum absolute atomic E-state index is 0.545. The first-order valence-electron chi connectivity index (χ1n) is 6.62. The van der Waals surface area contributed by atoms with E-state index in [1.165, 1.54) is 0 Å². The molecule has 0 unspecified atom stereocenters. The van der Waals surface area contributed by atoms with E-state index < -0.39 is 17.9 Å². The number of aliphatic carboxylic acids is 1. The molecule has 1 N–H and O–H groups in total. The molecule has 0 heterocycles.